The van der Waals surface area contributed by atoms with Crippen LogP contribution in [0, 0.1) is 0 Å². The number of cyclic esters (lactones) is 2. The van der Waals surface area contributed by atoms with E-state index >= 15 is 0 Å². The minimum absolute atomic E-state index is 0.437. The standard InChI is InChI=1S/C7H10O4Se/c1-4-6(8)11-5(2-3-12)7(9)10-4/h4-5,12H,2-3H2,1H3/t4-,5+/m0/s1. The number of ether oxygens (including phenoxy) is 2. The van der Waals surface area contributed by atoms with E-state index in [4.69, 9.17) is 9.47 Å². The van der Waals surface area contributed by atoms with Gasteiger partial charge in [0.2, 0.25) is 0 Å². The predicted octanol–water partition coefficient (Wildman–Crippen LogP) is -0.447. The second-order valence-electron chi connectivity index (χ2n) is 2.52. The number of esters is 2. The Kier molecular flexibility index (Phi) is 3.12. The molecule has 0 aromatic rings. The molecule has 0 saturated carbocycles. The molecule has 1 fully saturated rings. The zero-order valence-corrected chi connectivity index (χ0v) is 8.53. The number of rotatable bonds is 2. The van der Waals surface area contributed by atoms with Crippen molar-refractivity contribution in [2.24, 2.45) is 0 Å². The van der Waals surface area contributed by atoms with Crippen molar-refractivity contribution in [3.63, 3.8) is 0 Å². The maximum atomic E-state index is 11.0. The normalized spacial score (nSPS) is 29.5. The van der Waals surface area contributed by atoms with Gasteiger partial charge in [0.1, 0.15) is 0 Å². The Bertz CT molecular complexity index is 204. The molecule has 4 nitrogen and oxygen atoms in total. The van der Waals surface area contributed by atoms with Crippen LogP contribution >= 0.6 is 0 Å². The van der Waals surface area contributed by atoms with Crippen molar-refractivity contribution in [1.82, 2.24) is 0 Å². The number of carbonyl (C=O) groups is 2. The SMILES string of the molecule is C[C@@H]1OC(=O)[C@@H](CC[SeH])OC1=O. The van der Waals surface area contributed by atoms with E-state index in [-0.39, 0.29) is 0 Å². The topological polar surface area (TPSA) is 52.6 Å². The van der Waals surface area contributed by atoms with Gasteiger partial charge in [-0.2, -0.15) is 0 Å². The van der Waals surface area contributed by atoms with Crippen LogP contribution in [0.1, 0.15) is 13.3 Å². The van der Waals surface area contributed by atoms with E-state index in [0.717, 1.165) is 5.32 Å². The van der Waals surface area contributed by atoms with Crippen LogP contribution in [0.3, 0.4) is 0 Å². The van der Waals surface area contributed by atoms with Gasteiger partial charge >= 0.3 is 77.9 Å². The molecule has 1 rings (SSSR count). The molecular weight excluding hydrogens is 227 g/mol. The van der Waals surface area contributed by atoms with Crippen molar-refractivity contribution in [3.8, 4) is 0 Å². The molecule has 1 heterocycles. The van der Waals surface area contributed by atoms with Gasteiger partial charge < -0.3 is 0 Å². The van der Waals surface area contributed by atoms with E-state index in [0.29, 0.717) is 6.42 Å². The third-order valence-electron chi connectivity index (χ3n) is 1.54. The molecule has 0 aliphatic carbocycles. The Morgan fingerprint density at radius 1 is 1.33 bits per heavy atom. The fraction of sp³-hybridized carbons (Fsp3) is 0.714. The number of hydrogen-bond donors (Lipinski definition) is 0. The molecule has 68 valence electrons. The van der Waals surface area contributed by atoms with E-state index < -0.39 is 24.1 Å². The quantitative estimate of drug-likeness (QED) is 0.482. The van der Waals surface area contributed by atoms with E-state index in [2.05, 4.69) is 16.0 Å². The summed E-state index contributed by atoms with van der Waals surface area (Å²) >= 11 is 2.33. The summed E-state index contributed by atoms with van der Waals surface area (Å²) in [5.41, 5.74) is 0. The molecule has 1 aliphatic heterocycles. The first kappa shape index (κ1) is 9.55. The number of hydrogen-bond acceptors (Lipinski definition) is 4. The van der Waals surface area contributed by atoms with Crippen LogP contribution in [0.5, 0.6) is 0 Å². The molecular formula is C7H10O4Se. The van der Waals surface area contributed by atoms with Crippen LogP contribution in [-0.2, 0) is 19.1 Å². The number of carbonyl (C=O) groups excluding carboxylic acids is 2. The average Bonchev–Trinajstić information content (AvgIpc) is 2.01. The molecule has 0 radical (unpaired) electrons. The summed E-state index contributed by atoms with van der Waals surface area (Å²) in [6.07, 6.45) is -0.936. The maximum absolute atomic E-state index is 11.0. The van der Waals surface area contributed by atoms with E-state index in [1.165, 1.54) is 6.92 Å². The molecule has 0 amide bonds. The minimum atomic E-state index is -0.750. The van der Waals surface area contributed by atoms with Crippen LogP contribution in [-0.4, -0.2) is 40.2 Å². The van der Waals surface area contributed by atoms with Crippen LogP contribution in [0.15, 0.2) is 0 Å². The molecule has 12 heavy (non-hydrogen) atoms. The van der Waals surface area contributed by atoms with Gasteiger partial charge in [-0.25, -0.2) is 0 Å². The third-order valence-corrected chi connectivity index (χ3v) is 2.08. The molecule has 5 heteroatoms. The fourth-order valence-electron chi connectivity index (χ4n) is 0.876. The zero-order valence-electron chi connectivity index (χ0n) is 6.65. The monoisotopic (exact) mass is 238 g/mol. The van der Waals surface area contributed by atoms with Crippen molar-refractivity contribution in [2.75, 3.05) is 0 Å². The third kappa shape index (κ3) is 1.99. The zero-order chi connectivity index (χ0) is 9.14. The van der Waals surface area contributed by atoms with Crippen molar-refractivity contribution < 1.29 is 19.1 Å². The van der Waals surface area contributed by atoms with Gasteiger partial charge in [0.05, 0.1) is 0 Å². The van der Waals surface area contributed by atoms with Gasteiger partial charge in [-0.15, -0.1) is 0 Å². The summed E-state index contributed by atoms with van der Waals surface area (Å²) in [4.78, 5) is 22.0. The van der Waals surface area contributed by atoms with Gasteiger partial charge in [-0.05, 0) is 0 Å². The summed E-state index contributed by atoms with van der Waals surface area (Å²) < 4.78 is 9.57. The summed E-state index contributed by atoms with van der Waals surface area (Å²) in [5, 5.41) is 0.731. The summed E-state index contributed by atoms with van der Waals surface area (Å²) in [7, 11) is 0. The molecule has 1 saturated heterocycles. The van der Waals surface area contributed by atoms with Crippen molar-refractivity contribution in [3.05, 3.63) is 0 Å². The predicted molar refractivity (Wildman–Crippen MR) is 42.0 cm³/mol. The Balaban J connectivity index is 2.55. The Labute approximate surface area is 78.4 Å². The van der Waals surface area contributed by atoms with Crippen molar-refractivity contribution >= 4 is 28.0 Å². The molecule has 0 spiro atoms. The summed E-state index contributed by atoms with van der Waals surface area (Å²) in [6, 6.07) is 0. The first-order valence-electron chi connectivity index (χ1n) is 3.67. The van der Waals surface area contributed by atoms with Gasteiger partial charge in [-0.1, -0.05) is 0 Å². The summed E-state index contributed by atoms with van der Waals surface area (Å²) in [5.74, 6) is -0.895. The first-order valence-corrected chi connectivity index (χ1v) is 4.99. The van der Waals surface area contributed by atoms with Crippen LogP contribution in [0.4, 0.5) is 0 Å². The van der Waals surface area contributed by atoms with Crippen LogP contribution in [0.25, 0.3) is 0 Å². The van der Waals surface area contributed by atoms with E-state index in [1.54, 1.807) is 0 Å². The first-order chi connectivity index (χ1) is 5.65. The average molecular weight is 237 g/mol. The molecule has 0 aromatic heterocycles. The van der Waals surface area contributed by atoms with Gasteiger partial charge in [0, 0.05) is 0 Å². The van der Waals surface area contributed by atoms with Crippen molar-refractivity contribution in [2.45, 2.75) is 30.9 Å². The Morgan fingerprint density at radius 3 is 2.58 bits per heavy atom. The molecule has 0 bridgehead atoms. The Hall–Kier alpha value is -0.541. The van der Waals surface area contributed by atoms with Gasteiger partial charge in [0.25, 0.3) is 0 Å². The molecule has 0 aromatic carbocycles. The van der Waals surface area contributed by atoms with Crippen LogP contribution < -0.4 is 0 Å². The molecule has 2 atom stereocenters. The molecule has 0 N–H and O–H groups in total. The molecule has 1 aliphatic rings. The van der Waals surface area contributed by atoms with Gasteiger partial charge in [0.15, 0.2) is 0 Å². The fourth-order valence-corrected chi connectivity index (χ4v) is 1.37. The van der Waals surface area contributed by atoms with Crippen molar-refractivity contribution in [1.29, 1.82) is 0 Å². The Morgan fingerprint density at radius 2 is 2.00 bits per heavy atom. The second kappa shape index (κ2) is 3.92. The van der Waals surface area contributed by atoms with Gasteiger partial charge in [-0.3, -0.25) is 0 Å². The van der Waals surface area contributed by atoms with E-state index in [1.807, 2.05) is 0 Å². The van der Waals surface area contributed by atoms with E-state index in [9.17, 15) is 9.59 Å². The molecule has 0 unspecified atom stereocenters. The second-order valence-corrected chi connectivity index (χ2v) is 3.46. The summed E-state index contributed by atoms with van der Waals surface area (Å²) in [6.45, 7) is 1.50. The van der Waals surface area contributed by atoms with Crippen LogP contribution in [0.2, 0.25) is 5.32 Å².